The Morgan fingerprint density at radius 2 is 1.66 bits per heavy atom. The van der Waals surface area contributed by atoms with Crippen LogP contribution in [0, 0.1) is 23.7 Å². The molecule has 4 bridgehead atoms. The molecule has 38 heavy (non-hydrogen) atoms. The maximum absolute atomic E-state index is 13.9. The first kappa shape index (κ1) is 23.8. The van der Waals surface area contributed by atoms with Crippen molar-refractivity contribution >= 4 is 22.9 Å². The SMILES string of the molecule is CC1(C(=O)NCCc2ccccc2)Cc2c([nH]c3ccccc23)CN1C(=O)OC1C2CC3CC(C2)CC1C3. The molecule has 0 radical (unpaired) electrons. The number of aromatic amines is 1. The van der Waals surface area contributed by atoms with Gasteiger partial charge in [0.2, 0.25) is 5.91 Å². The van der Waals surface area contributed by atoms with Crippen molar-refractivity contribution in [1.29, 1.82) is 0 Å². The number of ether oxygens (including phenoxy) is 1. The molecule has 0 saturated heterocycles. The van der Waals surface area contributed by atoms with Gasteiger partial charge in [-0.3, -0.25) is 9.69 Å². The molecule has 2 heterocycles. The quantitative estimate of drug-likeness (QED) is 0.468. The monoisotopic (exact) mass is 511 g/mol. The second-order valence-electron chi connectivity index (χ2n) is 12.4. The Bertz CT molecular complexity index is 1340. The molecule has 2 aromatic carbocycles. The van der Waals surface area contributed by atoms with Gasteiger partial charge in [0.25, 0.3) is 0 Å². The molecule has 1 aromatic heterocycles. The number of aromatic nitrogens is 1. The van der Waals surface area contributed by atoms with Crippen LogP contribution < -0.4 is 5.32 Å². The van der Waals surface area contributed by atoms with Crippen molar-refractivity contribution in [3.05, 3.63) is 71.4 Å². The van der Waals surface area contributed by atoms with E-state index in [1.807, 2.05) is 37.3 Å². The average Bonchev–Trinajstić information content (AvgIpc) is 3.27. The third-order valence-electron chi connectivity index (χ3n) is 9.96. The number of para-hydroxylation sites is 1. The molecule has 4 saturated carbocycles. The second kappa shape index (κ2) is 9.18. The number of H-pyrrole nitrogens is 1. The van der Waals surface area contributed by atoms with Gasteiger partial charge in [-0.1, -0.05) is 48.5 Å². The van der Waals surface area contributed by atoms with Crippen molar-refractivity contribution in [3.8, 4) is 0 Å². The number of fused-ring (bicyclic) bond motifs is 3. The highest BCUT2D eigenvalue weighted by atomic mass is 16.6. The van der Waals surface area contributed by atoms with Crippen molar-refractivity contribution in [2.45, 2.75) is 70.1 Å². The number of amides is 2. The first-order chi connectivity index (χ1) is 18.5. The molecule has 3 aromatic rings. The molecule has 1 atom stereocenters. The van der Waals surface area contributed by atoms with E-state index < -0.39 is 5.54 Å². The molecule has 2 amide bonds. The molecule has 6 heteroatoms. The van der Waals surface area contributed by atoms with Gasteiger partial charge in [0.15, 0.2) is 0 Å². The topological polar surface area (TPSA) is 74.4 Å². The second-order valence-corrected chi connectivity index (χ2v) is 12.4. The molecule has 198 valence electrons. The van der Waals surface area contributed by atoms with Crippen molar-refractivity contribution in [2.24, 2.45) is 23.7 Å². The summed E-state index contributed by atoms with van der Waals surface area (Å²) in [6.07, 6.45) is 6.98. The summed E-state index contributed by atoms with van der Waals surface area (Å²) < 4.78 is 6.37. The molecular formula is C32H37N3O3. The molecular weight excluding hydrogens is 474 g/mol. The highest BCUT2D eigenvalue weighted by Crippen LogP contribution is 2.55. The van der Waals surface area contributed by atoms with Gasteiger partial charge < -0.3 is 15.0 Å². The normalized spacial score (nSPS) is 31.3. The van der Waals surface area contributed by atoms with Crippen LogP contribution in [0.4, 0.5) is 4.79 Å². The van der Waals surface area contributed by atoms with E-state index >= 15 is 0 Å². The molecule has 4 fully saturated rings. The lowest BCUT2D eigenvalue weighted by Gasteiger charge is -2.54. The van der Waals surface area contributed by atoms with Gasteiger partial charge >= 0.3 is 6.09 Å². The largest absolute Gasteiger partial charge is 0.445 e. The van der Waals surface area contributed by atoms with Crippen LogP contribution in [0.2, 0.25) is 0 Å². The van der Waals surface area contributed by atoms with Gasteiger partial charge in [0.05, 0.1) is 6.54 Å². The molecule has 0 spiro atoms. The van der Waals surface area contributed by atoms with Gasteiger partial charge in [-0.15, -0.1) is 0 Å². The fourth-order valence-corrected chi connectivity index (χ4v) is 8.24. The highest BCUT2D eigenvalue weighted by molar-refractivity contribution is 5.93. The Labute approximate surface area is 224 Å². The van der Waals surface area contributed by atoms with Crippen LogP contribution in [-0.4, -0.2) is 40.1 Å². The van der Waals surface area contributed by atoms with Crippen LogP contribution in [0.15, 0.2) is 54.6 Å². The highest BCUT2D eigenvalue weighted by Gasteiger charge is 2.52. The lowest BCUT2D eigenvalue weighted by molar-refractivity contribution is -0.136. The zero-order chi connectivity index (χ0) is 25.9. The van der Waals surface area contributed by atoms with Crippen LogP contribution in [0.3, 0.4) is 0 Å². The van der Waals surface area contributed by atoms with Gasteiger partial charge in [-0.05, 0) is 86.3 Å². The van der Waals surface area contributed by atoms with E-state index in [-0.39, 0.29) is 18.1 Å². The molecule has 5 aliphatic rings. The summed E-state index contributed by atoms with van der Waals surface area (Å²) in [7, 11) is 0. The van der Waals surface area contributed by atoms with Crippen molar-refractivity contribution < 1.29 is 14.3 Å². The molecule has 4 aliphatic carbocycles. The summed E-state index contributed by atoms with van der Waals surface area (Å²) in [6, 6.07) is 18.4. The Kier molecular flexibility index (Phi) is 5.75. The van der Waals surface area contributed by atoms with Crippen LogP contribution >= 0.6 is 0 Å². The van der Waals surface area contributed by atoms with Gasteiger partial charge in [0.1, 0.15) is 11.6 Å². The van der Waals surface area contributed by atoms with Gasteiger partial charge in [-0.25, -0.2) is 4.79 Å². The summed E-state index contributed by atoms with van der Waals surface area (Å²) >= 11 is 0. The first-order valence-electron chi connectivity index (χ1n) is 14.4. The summed E-state index contributed by atoms with van der Waals surface area (Å²) in [5, 5.41) is 4.28. The number of nitrogens with one attached hydrogen (secondary N) is 2. The Morgan fingerprint density at radius 1 is 0.974 bits per heavy atom. The maximum Gasteiger partial charge on any atom is 0.411 e. The Hall–Kier alpha value is -3.28. The van der Waals surface area contributed by atoms with Gasteiger partial charge in [-0.2, -0.15) is 0 Å². The van der Waals surface area contributed by atoms with Crippen molar-refractivity contribution in [3.63, 3.8) is 0 Å². The van der Waals surface area contributed by atoms with Crippen molar-refractivity contribution in [2.75, 3.05) is 6.54 Å². The maximum atomic E-state index is 13.9. The van der Waals surface area contributed by atoms with E-state index in [1.165, 1.54) is 37.7 Å². The number of carbonyl (C=O) groups is 2. The number of nitrogens with zero attached hydrogens (tertiary/aromatic N) is 1. The number of hydrogen-bond donors (Lipinski definition) is 2. The van der Waals surface area contributed by atoms with Crippen molar-refractivity contribution in [1.82, 2.24) is 15.2 Å². The molecule has 1 aliphatic heterocycles. The molecule has 6 nitrogen and oxygen atoms in total. The van der Waals surface area contributed by atoms with E-state index in [0.717, 1.165) is 40.4 Å². The molecule has 1 unspecified atom stereocenters. The van der Waals surface area contributed by atoms with Crippen LogP contribution in [0.1, 0.15) is 55.8 Å². The van der Waals surface area contributed by atoms with E-state index in [4.69, 9.17) is 4.74 Å². The zero-order valence-electron chi connectivity index (χ0n) is 22.1. The lowest BCUT2D eigenvalue weighted by Crippen LogP contribution is -2.63. The standard InChI is InChI=1S/C32H37N3O3/c1-32(30(36)33-12-11-20-7-3-2-4-8-20)18-26-25-9-5-6-10-27(25)34-28(26)19-35(32)31(37)38-29-23-14-21-13-22(16-23)17-24(29)15-21/h2-10,21-24,29,34H,11-19H2,1H3,(H,33,36). The summed E-state index contributed by atoms with van der Waals surface area (Å²) in [5.41, 5.74) is 3.32. The fourth-order valence-electron chi connectivity index (χ4n) is 8.24. The van der Waals surface area contributed by atoms with Crippen LogP contribution in [0.5, 0.6) is 0 Å². The number of hydrogen-bond acceptors (Lipinski definition) is 3. The summed E-state index contributed by atoms with van der Waals surface area (Å²) in [4.78, 5) is 33.0. The Morgan fingerprint density at radius 3 is 2.39 bits per heavy atom. The first-order valence-corrected chi connectivity index (χ1v) is 14.4. The van der Waals surface area contributed by atoms with E-state index in [9.17, 15) is 9.59 Å². The lowest BCUT2D eigenvalue weighted by atomic mass is 9.55. The fraction of sp³-hybridized carbons (Fsp3) is 0.500. The predicted octanol–water partition coefficient (Wildman–Crippen LogP) is 5.60. The number of benzene rings is 2. The zero-order valence-corrected chi connectivity index (χ0v) is 22.1. The molecule has 2 N–H and O–H groups in total. The Balaban J connectivity index is 1.15. The summed E-state index contributed by atoms with van der Waals surface area (Å²) in [5.74, 6) is 2.48. The van der Waals surface area contributed by atoms with Crippen LogP contribution in [-0.2, 0) is 28.9 Å². The van der Waals surface area contributed by atoms with E-state index in [0.29, 0.717) is 31.3 Å². The van der Waals surface area contributed by atoms with Gasteiger partial charge in [0, 0.05) is 29.6 Å². The predicted molar refractivity (Wildman–Crippen MR) is 146 cm³/mol. The minimum atomic E-state index is -1.03. The smallest absolute Gasteiger partial charge is 0.411 e. The third-order valence-corrected chi connectivity index (χ3v) is 9.96. The minimum absolute atomic E-state index is 0.00944. The molecule has 8 rings (SSSR count). The number of rotatable bonds is 5. The van der Waals surface area contributed by atoms with E-state index in [2.05, 4.69) is 34.6 Å². The minimum Gasteiger partial charge on any atom is -0.445 e. The van der Waals surface area contributed by atoms with E-state index in [1.54, 1.807) is 4.90 Å². The average molecular weight is 512 g/mol. The summed E-state index contributed by atoms with van der Waals surface area (Å²) in [6.45, 7) is 2.78. The van der Waals surface area contributed by atoms with Crippen LogP contribution in [0.25, 0.3) is 10.9 Å². The third kappa shape index (κ3) is 4.00. The number of carbonyl (C=O) groups excluding carboxylic acids is 2.